The lowest BCUT2D eigenvalue weighted by molar-refractivity contribution is 0.0694. The van der Waals surface area contributed by atoms with Crippen LogP contribution in [0.3, 0.4) is 0 Å². The zero-order chi connectivity index (χ0) is 17.6. The summed E-state index contributed by atoms with van der Waals surface area (Å²) >= 11 is 0. The van der Waals surface area contributed by atoms with E-state index in [0.29, 0.717) is 11.7 Å². The van der Waals surface area contributed by atoms with Gasteiger partial charge in [0.15, 0.2) is 5.75 Å². The third-order valence-corrected chi connectivity index (χ3v) is 5.24. The Hall–Kier alpha value is -2.50. The highest BCUT2D eigenvalue weighted by Crippen LogP contribution is 2.45. The zero-order valence-electron chi connectivity index (χ0n) is 14.3. The van der Waals surface area contributed by atoms with Gasteiger partial charge in [0.1, 0.15) is 5.56 Å². The van der Waals surface area contributed by atoms with Crippen LogP contribution in [0.1, 0.15) is 53.9 Å². The Balaban J connectivity index is 2.00. The van der Waals surface area contributed by atoms with Gasteiger partial charge < -0.3 is 14.7 Å². The average molecular weight is 342 g/mol. The molecule has 0 amide bonds. The van der Waals surface area contributed by atoms with Crippen molar-refractivity contribution in [1.29, 1.82) is 0 Å². The number of carbonyl (C=O) groups is 1. The van der Waals surface area contributed by atoms with Crippen LogP contribution in [0.25, 0.3) is 5.52 Å². The minimum Gasteiger partial charge on any atom is -0.492 e. The molecule has 1 saturated heterocycles. The van der Waals surface area contributed by atoms with Crippen molar-refractivity contribution in [2.24, 2.45) is 0 Å². The molecule has 2 aromatic heterocycles. The fourth-order valence-corrected chi connectivity index (χ4v) is 3.82. The Labute approximate surface area is 145 Å². The first-order valence-electron chi connectivity index (χ1n) is 8.86. The van der Waals surface area contributed by atoms with Crippen molar-refractivity contribution in [3.8, 4) is 5.75 Å². The zero-order valence-corrected chi connectivity index (χ0v) is 14.3. The number of carboxylic acid groups (broad SMARTS) is 1. The molecule has 1 N–H and O–H groups in total. The predicted molar refractivity (Wildman–Crippen MR) is 95.2 cm³/mol. The number of pyridine rings is 2. The van der Waals surface area contributed by atoms with Gasteiger partial charge in [-0.25, -0.2) is 4.79 Å². The Kier molecular flexibility index (Phi) is 3.90. The molecule has 6 nitrogen and oxygen atoms in total. The molecule has 2 aliphatic rings. The van der Waals surface area contributed by atoms with Crippen LogP contribution >= 0.6 is 0 Å². The molecule has 25 heavy (non-hydrogen) atoms. The first-order valence-corrected chi connectivity index (χ1v) is 8.86. The second kappa shape index (κ2) is 6.10. The van der Waals surface area contributed by atoms with E-state index in [9.17, 15) is 14.7 Å². The van der Waals surface area contributed by atoms with Crippen molar-refractivity contribution in [3.05, 3.63) is 39.8 Å². The normalized spacial score (nSPS) is 17.7. The van der Waals surface area contributed by atoms with Gasteiger partial charge in [0.05, 0.1) is 18.3 Å². The molecule has 4 rings (SSSR count). The van der Waals surface area contributed by atoms with Gasteiger partial charge in [-0.2, -0.15) is 0 Å². The highest BCUT2D eigenvalue weighted by atomic mass is 16.5. The monoisotopic (exact) mass is 342 g/mol. The molecule has 6 heteroatoms. The van der Waals surface area contributed by atoms with Crippen molar-refractivity contribution in [3.63, 3.8) is 0 Å². The summed E-state index contributed by atoms with van der Waals surface area (Å²) in [6, 6.07) is 3.43. The van der Waals surface area contributed by atoms with Gasteiger partial charge in [0.25, 0.3) is 5.56 Å². The maximum Gasteiger partial charge on any atom is 0.341 e. The second-order valence-electron chi connectivity index (χ2n) is 6.90. The molecular weight excluding hydrogens is 320 g/mol. The third kappa shape index (κ3) is 2.65. The summed E-state index contributed by atoms with van der Waals surface area (Å²) < 4.78 is 7.18. The lowest BCUT2D eigenvalue weighted by Crippen LogP contribution is -2.30. The topological polar surface area (TPSA) is 71.2 Å². The molecule has 0 aromatic carbocycles. The molecule has 1 saturated carbocycles. The molecule has 0 unspecified atom stereocenters. The molecule has 132 valence electrons. The number of aromatic nitrogens is 1. The summed E-state index contributed by atoms with van der Waals surface area (Å²) in [6.45, 7) is 1.95. The number of fused-ring (bicyclic) bond motifs is 1. The first kappa shape index (κ1) is 16.0. The molecule has 1 aliphatic heterocycles. The minimum atomic E-state index is -1.18. The van der Waals surface area contributed by atoms with Crippen LogP contribution in [0, 0.1) is 0 Å². The van der Waals surface area contributed by atoms with Crippen LogP contribution in [-0.4, -0.2) is 35.7 Å². The van der Waals surface area contributed by atoms with Crippen LogP contribution in [0.5, 0.6) is 5.75 Å². The summed E-state index contributed by atoms with van der Waals surface area (Å²) in [4.78, 5) is 26.4. The maximum atomic E-state index is 12.6. The number of nitrogens with zero attached hydrogens (tertiary/aromatic N) is 2. The Bertz CT molecular complexity index is 892. The van der Waals surface area contributed by atoms with E-state index >= 15 is 0 Å². The van der Waals surface area contributed by atoms with E-state index in [1.54, 1.807) is 19.4 Å². The highest BCUT2D eigenvalue weighted by molar-refractivity contribution is 5.89. The first-order chi connectivity index (χ1) is 12.1. The third-order valence-electron chi connectivity index (χ3n) is 5.24. The van der Waals surface area contributed by atoms with Gasteiger partial charge in [0, 0.05) is 19.3 Å². The summed E-state index contributed by atoms with van der Waals surface area (Å²) in [6.07, 6.45) is 7.26. The quantitative estimate of drug-likeness (QED) is 0.925. The average Bonchev–Trinajstić information content (AvgIpc) is 3.46. The van der Waals surface area contributed by atoms with Crippen molar-refractivity contribution in [2.45, 2.75) is 38.0 Å². The molecule has 3 heterocycles. The minimum absolute atomic E-state index is 0.174. The standard InChI is InChI=1S/C19H22N2O4/c1-25-17-15(20-8-3-2-4-9-20)7-10-21-16(17)13(12-5-6-12)11-14(18(21)22)19(23)24/h7,10-12H,2-6,8-9H2,1H3,(H,23,24). The number of ether oxygens (including phenoxy) is 1. The summed E-state index contributed by atoms with van der Waals surface area (Å²) in [7, 11) is 1.62. The van der Waals surface area contributed by atoms with Gasteiger partial charge in [-0.3, -0.25) is 9.20 Å². The molecule has 0 spiro atoms. The van der Waals surface area contributed by atoms with E-state index in [-0.39, 0.29) is 5.56 Å². The van der Waals surface area contributed by atoms with Crippen molar-refractivity contribution in [1.82, 2.24) is 4.40 Å². The second-order valence-corrected chi connectivity index (χ2v) is 6.90. The lowest BCUT2D eigenvalue weighted by Gasteiger charge is -2.30. The lowest BCUT2D eigenvalue weighted by atomic mass is 10.0. The van der Waals surface area contributed by atoms with E-state index in [1.165, 1.54) is 10.8 Å². The largest absolute Gasteiger partial charge is 0.492 e. The molecule has 2 fully saturated rings. The number of carboxylic acids is 1. The van der Waals surface area contributed by atoms with Gasteiger partial charge in [-0.1, -0.05) is 0 Å². The van der Waals surface area contributed by atoms with E-state index < -0.39 is 11.5 Å². The fourth-order valence-electron chi connectivity index (χ4n) is 3.82. The number of anilines is 1. The van der Waals surface area contributed by atoms with E-state index in [1.807, 2.05) is 6.07 Å². The van der Waals surface area contributed by atoms with Gasteiger partial charge in [0.2, 0.25) is 0 Å². The maximum absolute atomic E-state index is 12.6. The van der Waals surface area contributed by atoms with Gasteiger partial charge in [-0.05, 0) is 55.7 Å². The van der Waals surface area contributed by atoms with E-state index in [0.717, 1.165) is 55.5 Å². The van der Waals surface area contributed by atoms with Crippen LogP contribution in [0.2, 0.25) is 0 Å². The van der Waals surface area contributed by atoms with E-state index in [4.69, 9.17) is 4.74 Å². The predicted octanol–water partition coefficient (Wildman–Crippen LogP) is 2.87. The molecular formula is C19H22N2O4. The van der Waals surface area contributed by atoms with Crippen molar-refractivity contribution >= 4 is 17.2 Å². The summed E-state index contributed by atoms with van der Waals surface area (Å²) in [5.74, 6) is -0.195. The Morgan fingerprint density at radius 2 is 1.96 bits per heavy atom. The number of aromatic carboxylic acids is 1. The fraction of sp³-hybridized carbons (Fsp3) is 0.474. The van der Waals surface area contributed by atoms with Gasteiger partial charge in [-0.15, -0.1) is 0 Å². The van der Waals surface area contributed by atoms with Gasteiger partial charge >= 0.3 is 5.97 Å². The number of hydrogen-bond donors (Lipinski definition) is 1. The number of hydrogen-bond acceptors (Lipinski definition) is 4. The van der Waals surface area contributed by atoms with Crippen LogP contribution in [-0.2, 0) is 0 Å². The Morgan fingerprint density at radius 3 is 2.56 bits per heavy atom. The van der Waals surface area contributed by atoms with E-state index in [2.05, 4.69) is 4.90 Å². The molecule has 0 atom stereocenters. The molecule has 1 aliphatic carbocycles. The SMILES string of the molecule is COc1c(N2CCCCC2)ccn2c(=O)c(C(=O)O)cc(C3CC3)c12. The molecule has 0 bridgehead atoms. The number of rotatable bonds is 4. The van der Waals surface area contributed by atoms with Crippen molar-refractivity contribution in [2.75, 3.05) is 25.1 Å². The van der Waals surface area contributed by atoms with Crippen molar-refractivity contribution < 1.29 is 14.6 Å². The Morgan fingerprint density at radius 1 is 1.24 bits per heavy atom. The molecule has 2 aromatic rings. The highest BCUT2D eigenvalue weighted by Gasteiger charge is 2.31. The summed E-state index contributed by atoms with van der Waals surface area (Å²) in [5, 5.41) is 9.38. The van der Waals surface area contributed by atoms with Crippen LogP contribution in [0.4, 0.5) is 5.69 Å². The summed E-state index contributed by atoms with van der Waals surface area (Å²) in [5.41, 5.74) is 1.95. The number of piperidine rings is 1. The number of methoxy groups -OCH3 is 1. The van der Waals surface area contributed by atoms with Crippen LogP contribution in [0.15, 0.2) is 23.1 Å². The molecule has 0 radical (unpaired) electrons. The van der Waals surface area contributed by atoms with Crippen LogP contribution < -0.4 is 15.2 Å². The smallest absolute Gasteiger partial charge is 0.341 e.